The van der Waals surface area contributed by atoms with Gasteiger partial charge in [-0.05, 0) is 80.5 Å². The van der Waals surface area contributed by atoms with Crippen molar-refractivity contribution >= 4 is 11.8 Å². The van der Waals surface area contributed by atoms with Gasteiger partial charge in [-0.3, -0.25) is 9.59 Å². The van der Waals surface area contributed by atoms with E-state index in [4.69, 9.17) is 0 Å². The highest BCUT2D eigenvalue weighted by Crippen LogP contribution is 2.64. The van der Waals surface area contributed by atoms with Gasteiger partial charge in [-0.15, -0.1) is 0 Å². The minimum atomic E-state index is -4.58. The normalized spacial score (nSPS) is 43.2. The van der Waals surface area contributed by atoms with Crippen molar-refractivity contribution in [2.24, 2.45) is 34.5 Å². The van der Waals surface area contributed by atoms with Gasteiger partial charge in [0.2, 0.25) is 11.8 Å². The summed E-state index contributed by atoms with van der Waals surface area (Å²) in [5.74, 6) is -0.168. The quantitative estimate of drug-likeness (QED) is 0.492. The molecule has 174 valence electrons. The van der Waals surface area contributed by atoms with Crippen molar-refractivity contribution in [1.29, 1.82) is 0 Å². The van der Waals surface area contributed by atoms with Gasteiger partial charge in [0.15, 0.2) is 0 Å². The van der Waals surface area contributed by atoms with Crippen LogP contribution in [0, 0.1) is 34.5 Å². The summed E-state index contributed by atoms with van der Waals surface area (Å²) < 4.78 is 38.8. The number of carbonyl (C=O) groups excluding carboxylic acids is 2. The van der Waals surface area contributed by atoms with Gasteiger partial charge in [0.05, 0.1) is 6.04 Å². The van der Waals surface area contributed by atoms with Crippen LogP contribution in [-0.2, 0) is 9.59 Å². The smallest absolute Gasteiger partial charge is 0.352 e. The molecular formula is C24H35F3N2O2. The van der Waals surface area contributed by atoms with Crippen LogP contribution in [0.15, 0.2) is 12.2 Å². The van der Waals surface area contributed by atoms with Gasteiger partial charge in [-0.1, -0.05) is 26.8 Å². The van der Waals surface area contributed by atoms with E-state index in [1.807, 2.05) is 0 Å². The Balaban J connectivity index is 1.52. The third-order valence-corrected chi connectivity index (χ3v) is 9.49. The molecule has 31 heavy (non-hydrogen) atoms. The number of carbonyl (C=O) groups is 2. The van der Waals surface area contributed by atoms with Gasteiger partial charge in [-0.25, -0.2) is 0 Å². The molecule has 3 saturated carbocycles. The van der Waals surface area contributed by atoms with Crippen molar-refractivity contribution in [3.8, 4) is 0 Å². The lowest BCUT2D eigenvalue weighted by Gasteiger charge is -2.60. The van der Waals surface area contributed by atoms with Crippen molar-refractivity contribution in [3.63, 3.8) is 0 Å². The lowest BCUT2D eigenvalue weighted by Crippen LogP contribution is -2.64. The first-order valence-electron chi connectivity index (χ1n) is 11.7. The highest BCUT2D eigenvalue weighted by molar-refractivity contribution is 6.01. The predicted molar refractivity (Wildman–Crippen MR) is 112 cm³/mol. The molecule has 4 rings (SSSR count). The second kappa shape index (κ2) is 7.51. The summed E-state index contributed by atoms with van der Waals surface area (Å²) in [5, 5.41) is 5.48. The SMILES string of the molecule is C=C(C(C)NC(=O)C1C[C@@]2(C)C(CC[C@@H]3[C@H]2CC[C@]2(C)CCC[C@@H]32)NC1=O)C(F)(F)F. The average molecular weight is 441 g/mol. The zero-order chi connectivity index (χ0) is 22.8. The van der Waals surface area contributed by atoms with Gasteiger partial charge in [0.1, 0.15) is 5.92 Å². The summed E-state index contributed by atoms with van der Waals surface area (Å²) in [7, 11) is 0. The molecule has 4 aliphatic rings. The summed E-state index contributed by atoms with van der Waals surface area (Å²) in [4.78, 5) is 25.6. The number of amides is 2. The average Bonchev–Trinajstić information content (AvgIpc) is 3.08. The molecular weight excluding hydrogens is 405 g/mol. The lowest BCUT2D eigenvalue weighted by molar-refractivity contribution is -0.151. The van der Waals surface area contributed by atoms with Crippen molar-refractivity contribution < 1.29 is 22.8 Å². The van der Waals surface area contributed by atoms with E-state index >= 15 is 0 Å². The number of hydrogen-bond acceptors (Lipinski definition) is 2. The van der Waals surface area contributed by atoms with Crippen LogP contribution in [0.4, 0.5) is 13.2 Å². The van der Waals surface area contributed by atoms with Crippen molar-refractivity contribution in [2.45, 2.75) is 90.4 Å². The number of fused-ring (bicyclic) bond motifs is 5. The first-order chi connectivity index (χ1) is 14.4. The first kappa shape index (κ1) is 22.7. The third-order valence-electron chi connectivity index (χ3n) is 9.49. The highest BCUT2D eigenvalue weighted by atomic mass is 19.4. The molecule has 1 saturated heterocycles. The second-order valence-corrected chi connectivity index (χ2v) is 11.1. The van der Waals surface area contributed by atoms with Crippen LogP contribution < -0.4 is 10.6 Å². The molecule has 4 nitrogen and oxygen atoms in total. The van der Waals surface area contributed by atoms with Crippen LogP contribution in [0.1, 0.15) is 72.1 Å². The highest BCUT2D eigenvalue weighted by Gasteiger charge is 2.60. The number of halogens is 3. The Morgan fingerprint density at radius 1 is 1.16 bits per heavy atom. The van der Waals surface area contributed by atoms with E-state index in [2.05, 4.69) is 31.1 Å². The topological polar surface area (TPSA) is 58.2 Å². The molecule has 1 heterocycles. The maximum Gasteiger partial charge on any atom is 0.414 e. The first-order valence-corrected chi connectivity index (χ1v) is 11.7. The maximum atomic E-state index is 12.9. The Hall–Kier alpha value is -1.53. The Morgan fingerprint density at radius 3 is 2.55 bits per heavy atom. The van der Waals surface area contributed by atoms with Gasteiger partial charge < -0.3 is 10.6 Å². The van der Waals surface area contributed by atoms with Crippen LogP contribution in [0.25, 0.3) is 0 Å². The molecule has 7 heteroatoms. The summed E-state index contributed by atoms with van der Waals surface area (Å²) in [6, 6.07) is -1.22. The minimum absolute atomic E-state index is 0.0404. The Kier molecular flexibility index (Phi) is 5.49. The summed E-state index contributed by atoms with van der Waals surface area (Å²) >= 11 is 0. The van der Waals surface area contributed by atoms with Crippen molar-refractivity contribution in [3.05, 3.63) is 12.2 Å². The van der Waals surface area contributed by atoms with Crippen LogP contribution in [0.2, 0.25) is 0 Å². The zero-order valence-corrected chi connectivity index (χ0v) is 18.8. The monoisotopic (exact) mass is 440 g/mol. The van der Waals surface area contributed by atoms with E-state index in [1.165, 1.54) is 32.6 Å². The van der Waals surface area contributed by atoms with Gasteiger partial charge in [0, 0.05) is 11.6 Å². The molecule has 4 fully saturated rings. The third kappa shape index (κ3) is 3.70. The standard InChI is InChI=1S/C24H35F3N2O2/c1-13(24(25,26)27)14(2)28-20(30)16-12-23(4)18-9-11-22(3)10-5-6-17(22)15(18)7-8-19(23)29-21(16)31/h14-19H,1,5-12H2,2-4H3,(H,28,30)(H,29,31)/t14?,15-,16?,17-,18+,19?,22-,23+/m0/s1. The van der Waals surface area contributed by atoms with Crippen LogP contribution in [0.3, 0.4) is 0 Å². The molecule has 3 aliphatic carbocycles. The van der Waals surface area contributed by atoms with Crippen LogP contribution >= 0.6 is 0 Å². The molecule has 0 aromatic rings. The maximum absolute atomic E-state index is 12.9. The molecule has 0 bridgehead atoms. The molecule has 8 atom stereocenters. The molecule has 0 aromatic carbocycles. The summed E-state index contributed by atoms with van der Waals surface area (Å²) in [6.45, 7) is 8.97. The fourth-order valence-corrected chi connectivity index (χ4v) is 7.64. The molecule has 1 aliphatic heterocycles. The molecule has 0 spiro atoms. The number of nitrogens with one attached hydrogen (secondary N) is 2. The summed E-state index contributed by atoms with van der Waals surface area (Å²) in [6.07, 6.45) is 4.01. The number of rotatable bonds is 3. The van der Waals surface area contributed by atoms with E-state index in [0.29, 0.717) is 29.6 Å². The summed E-state index contributed by atoms with van der Waals surface area (Å²) in [5.41, 5.74) is -0.786. The van der Waals surface area contributed by atoms with Crippen molar-refractivity contribution in [2.75, 3.05) is 0 Å². The molecule has 2 N–H and O–H groups in total. The van der Waals surface area contributed by atoms with E-state index in [-0.39, 0.29) is 17.4 Å². The molecule has 3 unspecified atom stereocenters. The van der Waals surface area contributed by atoms with E-state index in [0.717, 1.165) is 19.3 Å². The number of alkyl halides is 3. The fourth-order valence-electron chi connectivity index (χ4n) is 7.64. The largest absolute Gasteiger partial charge is 0.414 e. The predicted octanol–water partition coefficient (Wildman–Crippen LogP) is 4.75. The van der Waals surface area contributed by atoms with Crippen LogP contribution in [-0.4, -0.2) is 30.1 Å². The minimum Gasteiger partial charge on any atom is -0.352 e. The fraction of sp³-hybridized carbons (Fsp3) is 0.833. The van der Waals surface area contributed by atoms with Gasteiger partial charge in [0.25, 0.3) is 0 Å². The van der Waals surface area contributed by atoms with E-state index in [1.54, 1.807) is 0 Å². The molecule has 0 aromatic heterocycles. The molecule has 0 radical (unpaired) electrons. The Bertz CT molecular complexity index is 781. The lowest BCUT2D eigenvalue weighted by atomic mass is 9.47. The van der Waals surface area contributed by atoms with E-state index < -0.39 is 29.6 Å². The van der Waals surface area contributed by atoms with E-state index in [9.17, 15) is 22.8 Å². The number of piperidine rings is 1. The number of hydrogen-bond donors (Lipinski definition) is 2. The van der Waals surface area contributed by atoms with Gasteiger partial charge in [-0.2, -0.15) is 13.2 Å². The van der Waals surface area contributed by atoms with Crippen LogP contribution in [0.5, 0.6) is 0 Å². The molecule has 2 amide bonds. The Labute approximate surface area is 182 Å². The Morgan fingerprint density at radius 2 is 1.87 bits per heavy atom. The van der Waals surface area contributed by atoms with Gasteiger partial charge >= 0.3 is 6.18 Å². The second-order valence-electron chi connectivity index (χ2n) is 11.1. The zero-order valence-electron chi connectivity index (χ0n) is 18.8. The van der Waals surface area contributed by atoms with Crippen molar-refractivity contribution in [1.82, 2.24) is 10.6 Å².